The summed E-state index contributed by atoms with van der Waals surface area (Å²) in [5.41, 5.74) is 3.72. The summed E-state index contributed by atoms with van der Waals surface area (Å²) in [6.07, 6.45) is 0.464. The molecule has 1 aromatic heterocycles. The molecule has 8 heteroatoms. The fourth-order valence-electron chi connectivity index (χ4n) is 2.70. The summed E-state index contributed by atoms with van der Waals surface area (Å²) in [4.78, 5) is 12.5. The van der Waals surface area contributed by atoms with Gasteiger partial charge >= 0.3 is 6.01 Å². The lowest BCUT2D eigenvalue weighted by atomic mass is 10.0. The molecule has 0 aliphatic carbocycles. The number of benzene rings is 2. The summed E-state index contributed by atoms with van der Waals surface area (Å²) in [5.74, 6) is -0.0678. The van der Waals surface area contributed by atoms with Crippen molar-refractivity contribution in [1.82, 2.24) is 10.2 Å². The first-order valence-corrected chi connectivity index (χ1v) is 10.8. The maximum absolute atomic E-state index is 12.4. The Hall–Kier alpha value is -3.00. The van der Waals surface area contributed by atoms with Crippen molar-refractivity contribution >= 4 is 21.8 Å². The van der Waals surface area contributed by atoms with Crippen LogP contribution in [0.3, 0.4) is 0 Å². The largest absolute Gasteiger partial charge is 0.407 e. The predicted molar refractivity (Wildman–Crippen MR) is 110 cm³/mol. The number of carbonyl (C=O) groups excluding carboxylic acids is 1. The van der Waals surface area contributed by atoms with Gasteiger partial charge < -0.3 is 4.42 Å². The molecule has 3 rings (SSSR count). The topological polar surface area (TPSA) is 102 Å². The Morgan fingerprint density at radius 1 is 1.03 bits per heavy atom. The molecule has 29 heavy (non-hydrogen) atoms. The van der Waals surface area contributed by atoms with Crippen LogP contribution in [0.4, 0.5) is 6.01 Å². The minimum atomic E-state index is -3.38. The second-order valence-corrected chi connectivity index (χ2v) is 9.67. The average molecular weight is 413 g/mol. The molecule has 0 aliphatic rings. The van der Waals surface area contributed by atoms with E-state index in [1.807, 2.05) is 26.0 Å². The quantitative estimate of drug-likeness (QED) is 0.661. The van der Waals surface area contributed by atoms with E-state index in [0.29, 0.717) is 17.9 Å². The Bertz CT molecular complexity index is 1130. The number of hydrogen-bond donors (Lipinski definition) is 1. The maximum atomic E-state index is 12.4. The number of anilines is 1. The van der Waals surface area contributed by atoms with E-state index in [0.717, 1.165) is 5.56 Å². The van der Waals surface area contributed by atoms with Crippen molar-refractivity contribution in [2.24, 2.45) is 0 Å². The van der Waals surface area contributed by atoms with Crippen molar-refractivity contribution < 1.29 is 17.6 Å². The highest BCUT2D eigenvalue weighted by Crippen LogP contribution is 2.18. The first-order chi connectivity index (χ1) is 13.7. The maximum Gasteiger partial charge on any atom is 0.322 e. The molecule has 0 fully saturated rings. The van der Waals surface area contributed by atoms with E-state index in [9.17, 15) is 13.2 Å². The second kappa shape index (κ2) is 8.16. The van der Waals surface area contributed by atoms with Gasteiger partial charge in [-0.2, -0.15) is 0 Å². The van der Waals surface area contributed by atoms with Gasteiger partial charge in [-0.15, -0.1) is 5.10 Å². The van der Waals surface area contributed by atoms with Crippen LogP contribution in [0.25, 0.3) is 0 Å². The number of rotatable bonds is 6. The third-order valence-corrected chi connectivity index (χ3v) is 6.85. The molecule has 0 saturated heterocycles. The van der Waals surface area contributed by atoms with Gasteiger partial charge in [0.1, 0.15) is 0 Å². The normalized spacial score (nSPS) is 11.6. The van der Waals surface area contributed by atoms with Crippen LogP contribution in [0.1, 0.15) is 46.8 Å². The number of aryl methyl sites for hydroxylation is 2. The standard InChI is InChI=1S/C21H23N3O4S/c1-13(2)29(26,27)18-9-7-17(8-10-18)20(25)22-21-24-23-19(28-21)12-16-6-5-14(3)15(4)11-16/h5-11,13H,12H2,1-4H3,(H,22,24,25). The summed E-state index contributed by atoms with van der Waals surface area (Å²) in [6.45, 7) is 7.31. The van der Waals surface area contributed by atoms with Gasteiger partial charge in [-0.3, -0.25) is 10.1 Å². The average Bonchev–Trinajstić information content (AvgIpc) is 3.11. The van der Waals surface area contributed by atoms with Crippen molar-refractivity contribution in [3.05, 3.63) is 70.6 Å². The fraction of sp³-hybridized carbons (Fsp3) is 0.286. The summed E-state index contributed by atoms with van der Waals surface area (Å²) < 4.78 is 29.8. The molecule has 1 amide bonds. The molecular weight excluding hydrogens is 390 g/mol. The van der Waals surface area contributed by atoms with Crippen molar-refractivity contribution in [1.29, 1.82) is 0 Å². The van der Waals surface area contributed by atoms with E-state index in [-0.39, 0.29) is 10.9 Å². The molecule has 0 bridgehead atoms. The van der Waals surface area contributed by atoms with Crippen LogP contribution in [0.5, 0.6) is 0 Å². The zero-order valence-corrected chi connectivity index (χ0v) is 17.6. The van der Waals surface area contributed by atoms with Crippen LogP contribution < -0.4 is 5.32 Å². The molecule has 0 unspecified atom stereocenters. The Morgan fingerprint density at radius 3 is 2.34 bits per heavy atom. The van der Waals surface area contributed by atoms with Gasteiger partial charge in [0.2, 0.25) is 5.89 Å². The number of sulfone groups is 1. The van der Waals surface area contributed by atoms with Crippen LogP contribution in [0, 0.1) is 13.8 Å². The lowest BCUT2D eigenvalue weighted by Crippen LogP contribution is -2.15. The van der Waals surface area contributed by atoms with E-state index in [1.54, 1.807) is 13.8 Å². The minimum absolute atomic E-state index is 0.00675. The zero-order valence-electron chi connectivity index (χ0n) is 16.8. The number of amides is 1. The molecule has 1 N–H and O–H groups in total. The first kappa shape index (κ1) is 20.7. The number of nitrogens with zero attached hydrogens (tertiary/aromatic N) is 2. The summed E-state index contributed by atoms with van der Waals surface area (Å²) in [6, 6.07) is 11.8. The van der Waals surface area contributed by atoms with Crippen molar-refractivity contribution in [3.8, 4) is 0 Å². The minimum Gasteiger partial charge on any atom is -0.407 e. The third-order valence-electron chi connectivity index (χ3n) is 4.68. The second-order valence-electron chi connectivity index (χ2n) is 7.17. The Balaban J connectivity index is 1.68. The van der Waals surface area contributed by atoms with Crippen molar-refractivity contribution in [2.45, 2.75) is 44.3 Å². The van der Waals surface area contributed by atoms with Gasteiger partial charge in [-0.05, 0) is 68.7 Å². The molecule has 0 radical (unpaired) electrons. The van der Waals surface area contributed by atoms with E-state index in [4.69, 9.17) is 4.42 Å². The van der Waals surface area contributed by atoms with E-state index in [2.05, 4.69) is 21.6 Å². The lowest BCUT2D eigenvalue weighted by molar-refractivity contribution is 0.102. The first-order valence-electron chi connectivity index (χ1n) is 9.20. The smallest absolute Gasteiger partial charge is 0.322 e. The molecule has 3 aromatic rings. The Labute approximate surface area is 170 Å². The molecule has 0 saturated carbocycles. The zero-order chi connectivity index (χ0) is 21.2. The summed E-state index contributed by atoms with van der Waals surface area (Å²) in [5, 5.41) is 9.82. The SMILES string of the molecule is Cc1ccc(Cc2nnc(NC(=O)c3ccc(S(=O)(=O)C(C)C)cc3)o2)cc1C. The highest BCUT2D eigenvalue weighted by atomic mass is 32.2. The molecule has 7 nitrogen and oxygen atoms in total. The highest BCUT2D eigenvalue weighted by molar-refractivity contribution is 7.92. The van der Waals surface area contributed by atoms with Gasteiger partial charge in [-0.1, -0.05) is 23.3 Å². The monoisotopic (exact) mass is 413 g/mol. The van der Waals surface area contributed by atoms with Crippen LogP contribution >= 0.6 is 0 Å². The fourth-order valence-corrected chi connectivity index (χ4v) is 3.76. The summed E-state index contributed by atoms with van der Waals surface area (Å²) >= 11 is 0. The van der Waals surface area contributed by atoms with Gasteiger partial charge in [-0.25, -0.2) is 8.42 Å². The molecule has 1 heterocycles. The van der Waals surface area contributed by atoms with Crippen LogP contribution in [0.15, 0.2) is 51.8 Å². The van der Waals surface area contributed by atoms with Gasteiger partial charge in [0.05, 0.1) is 16.6 Å². The number of nitrogens with one attached hydrogen (secondary N) is 1. The number of carbonyl (C=O) groups is 1. The molecular formula is C21H23N3O4S. The van der Waals surface area contributed by atoms with E-state index >= 15 is 0 Å². The van der Waals surface area contributed by atoms with Gasteiger partial charge in [0.15, 0.2) is 9.84 Å². The Kier molecular flexibility index (Phi) is 5.83. The molecule has 0 aliphatic heterocycles. The van der Waals surface area contributed by atoms with Gasteiger partial charge in [0, 0.05) is 5.56 Å². The van der Waals surface area contributed by atoms with Crippen molar-refractivity contribution in [3.63, 3.8) is 0 Å². The lowest BCUT2D eigenvalue weighted by Gasteiger charge is -2.08. The molecule has 152 valence electrons. The van der Waals surface area contributed by atoms with E-state index in [1.165, 1.54) is 35.4 Å². The van der Waals surface area contributed by atoms with Gasteiger partial charge in [0.25, 0.3) is 5.91 Å². The van der Waals surface area contributed by atoms with Crippen molar-refractivity contribution in [2.75, 3.05) is 5.32 Å². The molecule has 0 atom stereocenters. The molecule has 0 spiro atoms. The van der Waals surface area contributed by atoms with E-state index < -0.39 is 21.0 Å². The van der Waals surface area contributed by atoms with Crippen LogP contribution in [-0.4, -0.2) is 29.8 Å². The summed E-state index contributed by atoms with van der Waals surface area (Å²) in [7, 11) is -3.38. The number of hydrogen-bond acceptors (Lipinski definition) is 6. The third kappa shape index (κ3) is 4.71. The highest BCUT2D eigenvalue weighted by Gasteiger charge is 2.20. The Morgan fingerprint density at radius 2 is 1.72 bits per heavy atom. The van der Waals surface area contributed by atoms with Crippen LogP contribution in [-0.2, 0) is 16.3 Å². The number of aromatic nitrogens is 2. The molecule has 2 aromatic carbocycles. The van der Waals surface area contributed by atoms with Crippen LogP contribution in [0.2, 0.25) is 0 Å². The predicted octanol–water partition coefficient (Wildman–Crippen LogP) is 3.71.